The van der Waals surface area contributed by atoms with Gasteiger partial charge in [0.05, 0.1) is 5.56 Å². The maximum atomic E-state index is 14.4. The Kier molecular flexibility index (Phi) is 6.24. The van der Waals surface area contributed by atoms with E-state index in [0.717, 1.165) is 43.4 Å². The average Bonchev–Trinajstić information content (AvgIpc) is 3.49. The largest absolute Gasteiger partial charge is 0.488 e. The minimum absolute atomic E-state index is 0.103. The Morgan fingerprint density at radius 2 is 1.87 bits per heavy atom. The Morgan fingerprint density at radius 3 is 2.50 bits per heavy atom. The van der Waals surface area contributed by atoms with Gasteiger partial charge in [-0.2, -0.15) is 0 Å². The molecular weight excluding hydrogens is 428 g/mol. The van der Waals surface area contributed by atoms with Crippen molar-refractivity contribution in [3.63, 3.8) is 0 Å². The Labute approximate surface area is 185 Å². The normalized spacial score (nSPS) is 22.1. The molecule has 1 N–H and O–H groups in total. The molecule has 2 fully saturated rings. The van der Waals surface area contributed by atoms with E-state index in [-0.39, 0.29) is 23.6 Å². The third-order valence-corrected chi connectivity index (χ3v) is 6.42. The number of carboxylic acid groups (broad SMARTS) is 1. The second-order valence-electron chi connectivity index (χ2n) is 8.24. The highest BCUT2D eigenvalue weighted by Crippen LogP contribution is 2.45. The third-order valence-electron chi connectivity index (χ3n) is 5.98. The molecule has 1 saturated carbocycles. The fraction of sp³-hybridized carbons (Fsp3) is 0.435. The monoisotopic (exact) mass is 451 g/mol. The van der Waals surface area contributed by atoms with Crippen LogP contribution in [0.4, 0.5) is 4.39 Å². The van der Waals surface area contributed by atoms with Gasteiger partial charge in [-0.25, -0.2) is 9.18 Å². The van der Waals surface area contributed by atoms with Gasteiger partial charge in [-0.15, -0.1) is 0 Å². The molecule has 1 aliphatic heterocycles. The first-order valence-electron chi connectivity index (χ1n) is 10.2. The molecule has 30 heavy (non-hydrogen) atoms. The molecule has 4 rings (SSSR count). The highest BCUT2D eigenvalue weighted by atomic mass is 35.5. The van der Waals surface area contributed by atoms with Gasteiger partial charge in [0.25, 0.3) is 0 Å². The van der Waals surface area contributed by atoms with Crippen molar-refractivity contribution < 1.29 is 19.0 Å². The molecule has 1 aliphatic carbocycles. The van der Waals surface area contributed by atoms with Gasteiger partial charge in [0.1, 0.15) is 17.7 Å². The van der Waals surface area contributed by atoms with E-state index in [0.29, 0.717) is 22.3 Å². The maximum absolute atomic E-state index is 14.4. The predicted molar refractivity (Wildman–Crippen MR) is 115 cm³/mol. The smallest absolute Gasteiger partial charge is 0.338 e. The first kappa shape index (κ1) is 21.4. The van der Waals surface area contributed by atoms with E-state index in [9.17, 15) is 14.3 Å². The Bertz CT molecular complexity index is 943. The number of likely N-dealkylation sites (tertiary alicyclic amines) is 1. The zero-order valence-corrected chi connectivity index (χ0v) is 18.2. The van der Waals surface area contributed by atoms with Gasteiger partial charge >= 0.3 is 5.97 Å². The number of aromatic carboxylic acids is 1. The van der Waals surface area contributed by atoms with Crippen LogP contribution in [0.2, 0.25) is 10.0 Å². The maximum Gasteiger partial charge on any atom is 0.338 e. The van der Waals surface area contributed by atoms with E-state index in [1.807, 2.05) is 12.1 Å². The summed E-state index contributed by atoms with van der Waals surface area (Å²) in [4.78, 5) is 13.6. The molecule has 0 unspecified atom stereocenters. The molecule has 1 heterocycles. The van der Waals surface area contributed by atoms with Crippen molar-refractivity contribution in [2.45, 2.75) is 57.2 Å². The first-order chi connectivity index (χ1) is 14.3. The van der Waals surface area contributed by atoms with E-state index >= 15 is 0 Å². The van der Waals surface area contributed by atoms with Crippen LogP contribution in [0.15, 0.2) is 30.3 Å². The SMILES string of the molecule is C[C@H]1[C@@H](Oc2cc(F)c(C(=O)O)cc2C2CC2)CCCN1Cc1cc(Cl)cc(Cl)c1. The highest BCUT2D eigenvalue weighted by Gasteiger charge is 2.33. The summed E-state index contributed by atoms with van der Waals surface area (Å²) in [5.74, 6) is -1.28. The zero-order valence-electron chi connectivity index (χ0n) is 16.7. The fourth-order valence-electron chi connectivity index (χ4n) is 4.21. The van der Waals surface area contributed by atoms with Gasteiger partial charge in [0.15, 0.2) is 0 Å². The summed E-state index contributed by atoms with van der Waals surface area (Å²) in [6.07, 6.45) is 3.66. The van der Waals surface area contributed by atoms with Crippen molar-refractivity contribution in [2.75, 3.05) is 6.54 Å². The second kappa shape index (κ2) is 8.74. The molecule has 4 nitrogen and oxygen atoms in total. The summed E-state index contributed by atoms with van der Waals surface area (Å²) in [6, 6.07) is 8.34. The molecule has 0 bridgehead atoms. The van der Waals surface area contributed by atoms with Gasteiger partial charge in [-0.1, -0.05) is 23.2 Å². The van der Waals surface area contributed by atoms with Crippen molar-refractivity contribution in [2.24, 2.45) is 0 Å². The van der Waals surface area contributed by atoms with Gasteiger partial charge in [-0.05, 0) is 80.5 Å². The van der Waals surface area contributed by atoms with Gasteiger partial charge in [0.2, 0.25) is 0 Å². The summed E-state index contributed by atoms with van der Waals surface area (Å²) in [6.45, 7) is 3.73. The third kappa shape index (κ3) is 4.74. The molecule has 0 spiro atoms. The molecule has 7 heteroatoms. The number of hydrogen-bond donors (Lipinski definition) is 1. The summed E-state index contributed by atoms with van der Waals surface area (Å²) in [5.41, 5.74) is 1.55. The van der Waals surface area contributed by atoms with Crippen LogP contribution < -0.4 is 4.74 Å². The molecule has 2 aromatic rings. The predicted octanol–water partition coefficient (Wildman–Crippen LogP) is 6.14. The minimum Gasteiger partial charge on any atom is -0.488 e. The van der Waals surface area contributed by atoms with Crippen LogP contribution in [-0.2, 0) is 6.54 Å². The average molecular weight is 452 g/mol. The number of nitrogens with zero attached hydrogens (tertiary/aromatic N) is 1. The molecule has 160 valence electrons. The second-order valence-corrected chi connectivity index (χ2v) is 9.11. The molecule has 2 aliphatic rings. The quantitative estimate of drug-likeness (QED) is 0.572. The van der Waals surface area contributed by atoms with E-state index in [1.165, 1.54) is 12.1 Å². The number of carbonyl (C=O) groups is 1. The summed E-state index contributed by atoms with van der Waals surface area (Å²) in [5, 5.41) is 10.5. The number of carboxylic acids is 1. The molecule has 0 amide bonds. The lowest BCUT2D eigenvalue weighted by molar-refractivity contribution is 0.0307. The lowest BCUT2D eigenvalue weighted by Crippen LogP contribution is -2.48. The molecule has 0 aromatic heterocycles. The molecule has 1 saturated heterocycles. The van der Waals surface area contributed by atoms with Crippen LogP contribution in [-0.4, -0.2) is 34.7 Å². The zero-order chi connectivity index (χ0) is 21.4. The van der Waals surface area contributed by atoms with E-state index in [2.05, 4.69) is 11.8 Å². The van der Waals surface area contributed by atoms with Crippen molar-refractivity contribution in [1.82, 2.24) is 4.90 Å². The van der Waals surface area contributed by atoms with E-state index in [1.54, 1.807) is 6.07 Å². The topological polar surface area (TPSA) is 49.8 Å². The van der Waals surface area contributed by atoms with Crippen LogP contribution in [0.3, 0.4) is 0 Å². The molecular formula is C23H24Cl2FNO3. The number of piperidine rings is 1. The van der Waals surface area contributed by atoms with Crippen LogP contribution in [0.5, 0.6) is 5.75 Å². The van der Waals surface area contributed by atoms with Crippen molar-refractivity contribution in [1.29, 1.82) is 0 Å². The van der Waals surface area contributed by atoms with Gasteiger partial charge in [0, 0.05) is 28.7 Å². The number of halogens is 3. The van der Waals surface area contributed by atoms with Crippen LogP contribution in [0, 0.1) is 5.82 Å². The number of rotatable bonds is 6. The number of ether oxygens (including phenoxy) is 1. The van der Waals surface area contributed by atoms with Crippen molar-refractivity contribution in [3.05, 3.63) is 62.9 Å². The standard InChI is InChI=1S/C23H24Cl2FNO3/c1-13-21(3-2-6-27(13)12-14-7-16(24)9-17(25)8-14)30-22-11-20(26)19(23(28)29)10-18(22)15-4-5-15/h7-11,13,15,21H,2-6,12H2,1H3,(H,28,29)/t13-,21-/m0/s1. The molecule has 2 aromatic carbocycles. The Morgan fingerprint density at radius 1 is 1.17 bits per heavy atom. The van der Waals surface area contributed by atoms with E-state index in [4.69, 9.17) is 27.9 Å². The fourth-order valence-corrected chi connectivity index (χ4v) is 4.78. The van der Waals surface area contributed by atoms with Crippen LogP contribution in [0.1, 0.15) is 60.0 Å². The van der Waals surface area contributed by atoms with E-state index < -0.39 is 11.8 Å². The highest BCUT2D eigenvalue weighted by molar-refractivity contribution is 6.34. The van der Waals surface area contributed by atoms with Gasteiger partial charge in [-0.3, -0.25) is 4.90 Å². The van der Waals surface area contributed by atoms with Crippen LogP contribution in [0.25, 0.3) is 0 Å². The number of benzene rings is 2. The van der Waals surface area contributed by atoms with Crippen LogP contribution >= 0.6 is 23.2 Å². The Balaban J connectivity index is 1.53. The van der Waals surface area contributed by atoms with Gasteiger partial charge < -0.3 is 9.84 Å². The van der Waals surface area contributed by atoms with Crippen molar-refractivity contribution >= 4 is 29.2 Å². The Hall–Kier alpha value is -1.82. The molecule has 2 atom stereocenters. The first-order valence-corrected chi connectivity index (χ1v) is 11.0. The molecule has 0 radical (unpaired) electrons. The summed E-state index contributed by atoms with van der Waals surface area (Å²) >= 11 is 12.3. The lowest BCUT2D eigenvalue weighted by atomic mass is 9.98. The minimum atomic E-state index is -1.25. The van der Waals surface area contributed by atoms with Crippen molar-refractivity contribution in [3.8, 4) is 5.75 Å². The summed E-state index contributed by atoms with van der Waals surface area (Å²) < 4.78 is 20.7. The summed E-state index contributed by atoms with van der Waals surface area (Å²) in [7, 11) is 0. The number of hydrogen-bond acceptors (Lipinski definition) is 3. The lowest BCUT2D eigenvalue weighted by Gasteiger charge is -2.39.